The zero-order valence-corrected chi connectivity index (χ0v) is 19.5. The highest BCUT2D eigenvalue weighted by Gasteiger charge is 2.41. The quantitative estimate of drug-likeness (QED) is 0.619. The van der Waals surface area contributed by atoms with E-state index in [2.05, 4.69) is 21.9 Å². The van der Waals surface area contributed by atoms with Gasteiger partial charge in [-0.05, 0) is 24.6 Å². The van der Waals surface area contributed by atoms with E-state index in [4.69, 9.17) is 4.74 Å². The smallest absolute Gasteiger partial charge is 0.303 e. The van der Waals surface area contributed by atoms with E-state index in [1.807, 2.05) is 37.3 Å². The van der Waals surface area contributed by atoms with Crippen LogP contribution in [0.2, 0.25) is 0 Å². The van der Waals surface area contributed by atoms with Crippen LogP contribution in [-0.2, 0) is 26.1 Å². The van der Waals surface area contributed by atoms with Crippen LogP contribution in [-0.4, -0.2) is 79.9 Å². The Hall–Kier alpha value is -2.26. The van der Waals surface area contributed by atoms with Gasteiger partial charge in [0.2, 0.25) is 10.0 Å². The van der Waals surface area contributed by atoms with Crippen LogP contribution in [0.1, 0.15) is 18.1 Å². The van der Waals surface area contributed by atoms with Crippen molar-refractivity contribution in [2.75, 3.05) is 39.3 Å². The number of nitrogens with zero attached hydrogens (tertiary/aromatic N) is 3. The van der Waals surface area contributed by atoms with Gasteiger partial charge in [-0.25, -0.2) is 8.42 Å². The fraction of sp³-hybridized carbons (Fsp3) is 0.458. The summed E-state index contributed by atoms with van der Waals surface area (Å²) in [6.07, 6.45) is -0.212. The van der Waals surface area contributed by atoms with Gasteiger partial charge in [0.05, 0.1) is 10.9 Å². The minimum atomic E-state index is -3.50. The second-order valence-electron chi connectivity index (χ2n) is 8.65. The maximum Gasteiger partial charge on any atom is 0.303 e. The zero-order chi connectivity index (χ0) is 22.7. The Labute approximate surface area is 190 Å². The van der Waals surface area contributed by atoms with Crippen LogP contribution in [0.15, 0.2) is 59.5 Å². The molecule has 7 nitrogen and oxygen atoms in total. The molecule has 172 valence electrons. The van der Waals surface area contributed by atoms with Crippen LogP contribution in [0.3, 0.4) is 0 Å². The summed E-state index contributed by atoms with van der Waals surface area (Å²) in [7, 11) is -3.50. The highest BCUT2D eigenvalue weighted by molar-refractivity contribution is 7.89. The molecule has 0 amide bonds. The van der Waals surface area contributed by atoms with Crippen molar-refractivity contribution in [3.63, 3.8) is 0 Å². The fourth-order valence-corrected chi connectivity index (χ4v) is 6.04. The van der Waals surface area contributed by atoms with Crippen molar-refractivity contribution in [2.24, 2.45) is 0 Å². The molecule has 2 aromatic rings. The summed E-state index contributed by atoms with van der Waals surface area (Å²) >= 11 is 0. The molecule has 32 heavy (non-hydrogen) atoms. The van der Waals surface area contributed by atoms with Gasteiger partial charge < -0.3 is 4.74 Å². The van der Waals surface area contributed by atoms with Gasteiger partial charge in [0.1, 0.15) is 6.10 Å². The summed E-state index contributed by atoms with van der Waals surface area (Å²) in [6, 6.07) is 17.3. The summed E-state index contributed by atoms with van der Waals surface area (Å²) < 4.78 is 33.3. The van der Waals surface area contributed by atoms with E-state index in [9.17, 15) is 13.2 Å². The Morgan fingerprint density at radius 1 is 0.969 bits per heavy atom. The average Bonchev–Trinajstić information content (AvgIpc) is 3.16. The van der Waals surface area contributed by atoms with E-state index in [0.29, 0.717) is 37.6 Å². The summed E-state index contributed by atoms with van der Waals surface area (Å²) in [5.41, 5.74) is 2.26. The molecule has 0 radical (unpaired) electrons. The molecule has 0 N–H and O–H groups in total. The number of hydrogen-bond acceptors (Lipinski definition) is 6. The lowest BCUT2D eigenvalue weighted by Gasteiger charge is -2.38. The third-order valence-corrected chi connectivity index (χ3v) is 8.19. The first-order valence-electron chi connectivity index (χ1n) is 11.1. The molecule has 8 heteroatoms. The minimum Gasteiger partial charge on any atom is -0.459 e. The summed E-state index contributed by atoms with van der Waals surface area (Å²) in [6.45, 7) is 7.76. The molecule has 2 unspecified atom stereocenters. The molecule has 2 aliphatic rings. The average molecular weight is 458 g/mol. The second-order valence-corrected chi connectivity index (χ2v) is 10.6. The maximum atomic E-state index is 13.0. The first-order valence-corrected chi connectivity index (χ1v) is 12.5. The topological polar surface area (TPSA) is 70.2 Å². The molecule has 2 aliphatic heterocycles. The normalized spacial score (nSPS) is 23.3. The van der Waals surface area contributed by atoms with Crippen molar-refractivity contribution in [3.8, 4) is 0 Å². The largest absolute Gasteiger partial charge is 0.459 e. The number of carbonyl (C=O) groups excluding carboxylic acids is 1. The summed E-state index contributed by atoms with van der Waals surface area (Å²) in [5, 5.41) is 0. The second kappa shape index (κ2) is 9.70. The number of likely N-dealkylation sites (tertiary alicyclic amines) is 1. The number of aryl methyl sites for hydroxylation is 1. The minimum absolute atomic E-state index is 0.0619. The van der Waals surface area contributed by atoms with Crippen LogP contribution in [0.4, 0.5) is 0 Å². The number of ether oxygens (including phenoxy) is 1. The Morgan fingerprint density at radius 3 is 2.25 bits per heavy atom. The van der Waals surface area contributed by atoms with Crippen LogP contribution >= 0.6 is 0 Å². The van der Waals surface area contributed by atoms with E-state index >= 15 is 0 Å². The zero-order valence-electron chi connectivity index (χ0n) is 18.7. The lowest BCUT2D eigenvalue weighted by atomic mass is 10.1. The van der Waals surface area contributed by atoms with Gasteiger partial charge in [0.25, 0.3) is 0 Å². The number of sulfonamides is 1. The molecule has 4 rings (SSSR count). The van der Waals surface area contributed by atoms with Crippen molar-refractivity contribution < 1.29 is 17.9 Å². The number of esters is 1. The van der Waals surface area contributed by atoms with Gasteiger partial charge >= 0.3 is 5.97 Å². The van der Waals surface area contributed by atoms with Gasteiger partial charge in [-0.2, -0.15) is 4.31 Å². The fourth-order valence-electron chi connectivity index (χ4n) is 4.62. The highest BCUT2D eigenvalue weighted by Crippen LogP contribution is 2.25. The Bertz CT molecular complexity index is 1020. The number of rotatable bonds is 6. The Kier molecular flexibility index (Phi) is 6.95. The van der Waals surface area contributed by atoms with Gasteiger partial charge in [-0.15, -0.1) is 0 Å². The molecule has 0 spiro atoms. The van der Waals surface area contributed by atoms with Crippen molar-refractivity contribution in [1.82, 2.24) is 14.1 Å². The Balaban J connectivity index is 1.41. The van der Waals surface area contributed by atoms with Crippen LogP contribution in [0, 0.1) is 6.92 Å². The molecular formula is C24H31N3O4S. The van der Waals surface area contributed by atoms with Gasteiger partial charge in [-0.3, -0.25) is 14.6 Å². The van der Waals surface area contributed by atoms with Crippen molar-refractivity contribution >= 4 is 16.0 Å². The predicted octanol–water partition coefficient (Wildman–Crippen LogP) is 2.12. The molecule has 0 bridgehead atoms. The molecule has 0 aliphatic carbocycles. The third kappa shape index (κ3) is 5.20. The van der Waals surface area contributed by atoms with Crippen LogP contribution in [0.25, 0.3) is 0 Å². The molecule has 0 aromatic heterocycles. The lowest BCUT2D eigenvalue weighted by molar-refractivity contribution is -0.148. The van der Waals surface area contributed by atoms with Crippen molar-refractivity contribution in [1.29, 1.82) is 0 Å². The maximum absolute atomic E-state index is 13.0. The third-order valence-electron chi connectivity index (χ3n) is 6.28. The van der Waals surface area contributed by atoms with Gasteiger partial charge in [0, 0.05) is 52.7 Å². The highest BCUT2D eigenvalue weighted by atomic mass is 32.2. The SMILES string of the molecule is CC(=O)OC1CN(Cc2ccccc2)CC1N1CCN(S(=O)(=O)c2ccc(C)cc2)CC1. The standard InChI is InChI=1S/C24H31N3O4S/c1-19-8-10-22(11-9-19)32(29,30)27-14-12-26(13-15-27)23-17-25(18-24(23)31-20(2)28)16-21-6-4-3-5-7-21/h3-11,23-24H,12-18H2,1-2H3. The Morgan fingerprint density at radius 2 is 1.62 bits per heavy atom. The lowest BCUT2D eigenvalue weighted by Crippen LogP contribution is -2.55. The number of benzene rings is 2. The van der Waals surface area contributed by atoms with Crippen LogP contribution in [0.5, 0.6) is 0 Å². The number of carbonyl (C=O) groups is 1. The van der Waals surface area contributed by atoms with Gasteiger partial charge in [-0.1, -0.05) is 48.0 Å². The summed E-state index contributed by atoms with van der Waals surface area (Å²) in [4.78, 5) is 16.6. The monoisotopic (exact) mass is 457 g/mol. The molecule has 2 saturated heterocycles. The van der Waals surface area contributed by atoms with Crippen molar-refractivity contribution in [2.45, 2.75) is 37.4 Å². The van der Waals surface area contributed by atoms with E-state index < -0.39 is 10.0 Å². The number of hydrogen-bond donors (Lipinski definition) is 0. The molecule has 2 atom stereocenters. The molecule has 2 fully saturated rings. The van der Waals surface area contributed by atoms with Crippen molar-refractivity contribution in [3.05, 3.63) is 65.7 Å². The van der Waals surface area contributed by atoms with E-state index in [0.717, 1.165) is 18.7 Å². The molecule has 2 heterocycles. The first-order chi connectivity index (χ1) is 15.3. The molecule has 0 saturated carbocycles. The molecular weight excluding hydrogens is 426 g/mol. The predicted molar refractivity (Wildman–Crippen MR) is 123 cm³/mol. The summed E-state index contributed by atoms with van der Waals surface area (Å²) in [5.74, 6) is -0.276. The van der Waals surface area contributed by atoms with E-state index in [-0.39, 0.29) is 18.1 Å². The van der Waals surface area contributed by atoms with Gasteiger partial charge in [0.15, 0.2) is 0 Å². The first kappa shape index (κ1) is 22.9. The van der Waals surface area contributed by atoms with Crippen LogP contribution < -0.4 is 0 Å². The molecule has 2 aromatic carbocycles. The van der Waals surface area contributed by atoms with E-state index in [1.54, 1.807) is 16.4 Å². The number of piperazine rings is 1. The van der Waals surface area contributed by atoms with E-state index in [1.165, 1.54) is 12.5 Å².